The summed E-state index contributed by atoms with van der Waals surface area (Å²) in [6, 6.07) is 13.6. The van der Waals surface area contributed by atoms with Crippen LogP contribution in [-0.4, -0.2) is 11.7 Å². The number of hydrogen-bond acceptors (Lipinski definition) is 2. The van der Waals surface area contributed by atoms with Crippen molar-refractivity contribution in [2.75, 3.05) is 6.61 Å². The molecular weight excluding hydrogens is 219 g/mol. The van der Waals surface area contributed by atoms with Crippen molar-refractivity contribution < 1.29 is 14.2 Å². The number of aliphatic hydroxyl groups is 1. The Bertz CT molecular complexity index is 483. The lowest BCUT2D eigenvalue weighted by Gasteiger charge is -2.08. The van der Waals surface area contributed by atoms with Gasteiger partial charge in [0.25, 0.3) is 0 Å². The van der Waals surface area contributed by atoms with Crippen molar-refractivity contribution in [3.05, 3.63) is 59.9 Å². The van der Waals surface area contributed by atoms with Crippen LogP contribution in [0.25, 0.3) is 0 Å². The first kappa shape index (κ1) is 11.6. The molecule has 3 heteroatoms. The second kappa shape index (κ2) is 5.46. The van der Waals surface area contributed by atoms with Crippen LogP contribution < -0.4 is 4.74 Å². The Morgan fingerprint density at radius 3 is 2.53 bits per heavy atom. The molecule has 0 heterocycles. The summed E-state index contributed by atoms with van der Waals surface area (Å²) < 4.78 is 18.9. The van der Waals surface area contributed by atoms with Crippen molar-refractivity contribution in [3.8, 4) is 11.5 Å². The molecule has 0 radical (unpaired) electrons. The van der Waals surface area contributed by atoms with Crippen LogP contribution in [0.1, 0.15) is 5.56 Å². The largest absolute Gasteiger partial charge is 0.454 e. The summed E-state index contributed by atoms with van der Waals surface area (Å²) in [5.74, 6) is 0.366. The van der Waals surface area contributed by atoms with Gasteiger partial charge < -0.3 is 9.84 Å². The predicted molar refractivity (Wildman–Crippen MR) is 63.7 cm³/mol. The van der Waals surface area contributed by atoms with E-state index in [1.165, 1.54) is 6.07 Å². The molecule has 2 rings (SSSR count). The number of aliphatic hydroxyl groups excluding tert-OH is 1. The van der Waals surface area contributed by atoms with Gasteiger partial charge in [-0.3, -0.25) is 0 Å². The van der Waals surface area contributed by atoms with Gasteiger partial charge in [0, 0.05) is 6.61 Å². The van der Waals surface area contributed by atoms with E-state index in [1.54, 1.807) is 24.3 Å². The molecule has 0 saturated carbocycles. The molecule has 0 amide bonds. The first-order valence-electron chi connectivity index (χ1n) is 5.42. The highest BCUT2D eigenvalue weighted by Crippen LogP contribution is 2.25. The highest BCUT2D eigenvalue weighted by atomic mass is 19.1. The fourth-order valence-electron chi connectivity index (χ4n) is 1.53. The SMILES string of the molecule is OCCc1ccc(F)c(Oc2ccccc2)c1. The van der Waals surface area contributed by atoms with Crippen molar-refractivity contribution in [1.82, 2.24) is 0 Å². The van der Waals surface area contributed by atoms with E-state index >= 15 is 0 Å². The average molecular weight is 232 g/mol. The van der Waals surface area contributed by atoms with Crippen LogP contribution in [0, 0.1) is 5.82 Å². The third-order valence-corrected chi connectivity index (χ3v) is 2.37. The van der Waals surface area contributed by atoms with E-state index in [0.29, 0.717) is 12.2 Å². The van der Waals surface area contributed by atoms with Crippen LogP contribution in [0.4, 0.5) is 4.39 Å². The van der Waals surface area contributed by atoms with Gasteiger partial charge in [-0.05, 0) is 36.2 Å². The highest BCUT2D eigenvalue weighted by molar-refractivity contribution is 5.35. The van der Waals surface area contributed by atoms with Gasteiger partial charge in [-0.1, -0.05) is 24.3 Å². The minimum atomic E-state index is -0.407. The Kier molecular flexibility index (Phi) is 3.73. The quantitative estimate of drug-likeness (QED) is 0.877. The van der Waals surface area contributed by atoms with Gasteiger partial charge in [0.05, 0.1) is 0 Å². The number of halogens is 1. The summed E-state index contributed by atoms with van der Waals surface area (Å²) in [5.41, 5.74) is 0.847. The Labute approximate surface area is 99.3 Å². The van der Waals surface area contributed by atoms with E-state index in [4.69, 9.17) is 9.84 Å². The molecule has 0 aliphatic rings. The Balaban J connectivity index is 2.22. The summed E-state index contributed by atoms with van der Waals surface area (Å²) in [6.07, 6.45) is 0.491. The van der Waals surface area contributed by atoms with Crippen molar-refractivity contribution in [1.29, 1.82) is 0 Å². The lowest BCUT2D eigenvalue weighted by Crippen LogP contribution is -1.94. The number of para-hydroxylation sites is 1. The lowest BCUT2D eigenvalue weighted by atomic mass is 10.1. The molecule has 88 valence electrons. The second-order valence-electron chi connectivity index (χ2n) is 3.65. The fourth-order valence-corrected chi connectivity index (χ4v) is 1.53. The lowest BCUT2D eigenvalue weighted by molar-refractivity contribution is 0.299. The van der Waals surface area contributed by atoms with Crippen molar-refractivity contribution in [3.63, 3.8) is 0 Å². The van der Waals surface area contributed by atoms with Crippen molar-refractivity contribution in [2.24, 2.45) is 0 Å². The zero-order valence-corrected chi connectivity index (χ0v) is 9.27. The van der Waals surface area contributed by atoms with Gasteiger partial charge in [-0.15, -0.1) is 0 Å². The summed E-state index contributed by atoms with van der Waals surface area (Å²) in [4.78, 5) is 0. The topological polar surface area (TPSA) is 29.5 Å². The molecule has 2 nitrogen and oxygen atoms in total. The normalized spacial score (nSPS) is 10.2. The van der Waals surface area contributed by atoms with Crippen LogP contribution in [0.2, 0.25) is 0 Å². The summed E-state index contributed by atoms with van der Waals surface area (Å²) >= 11 is 0. The summed E-state index contributed by atoms with van der Waals surface area (Å²) in [5, 5.41) is 8.84. The van der Waals surface area contributed by atoms with Gasteiger partial charge in [0.2, 0.25) is 0 Å². The Hall–Kier alpha value is -1.87. The average Bonchev–Trinajstić information content (AvgIpc) is 2.35. The molecule has 17 heavy (non-hydrogen) atoms. The molecule has 0 unspecified atom stereocenters. The van der Waals surface area contributed by atoms with Gasteiger partial charge in [-0.2, -0.15) is 0 Å². The zero-order valence-electron chi connectivity index (χ0n) is 9.27. The Morgan fingerprint density at radius 1 is 1.06 bits per heavy atom. The van der Waals surface area contributed by atoms with Gasteiger partial charge in [0.15, 0.2) is 11.6 Å². The fraction of sp³-hybridized carbons (Fsp3) is 0.143. The van der Waals surface area contributed by atoms with Crippen molar-refractivity contribution in [2.45, 2.75) is 6.42 Å². The summed E-state index contributed by atoms with van der Waals surface area (Å²) in [7, 11) is 0. The third-order valence-electron chi connectivity index (χ3n) is 2.37. The van der Waals surface area contributed by atoms with Crippen LogP contribution in [-0.2, 0) is 6.42 Å². The van der Waals surface area contributed by atoms with Gasteiger partial charge in [-0.25, -0.2) is 4.39 Å². The molecular formula is C14H13FO2. The smallest absolute Gasteiger partial charge is 0.165 e. The van der Waals surface area contributed by atoms with Crippen LogP contribution in [0.3, 0.4) is 0 Å². The van der Waals surface area contributed by atoms with E-state index in [0.717, 1.165) is 5.56 Å². The third kappa shape index (κ3) is 3.04. The number of hydrogen-bond donors (Lipinski definition) is 1. The number of benzene rings is 2. The van der Waals surface area contributed by atoms with Crippen LogP contribution in [0.5, 0.6) is 11.5 Å². The molecule has 0 bridgehead atoms. The maximum absolute atomic E-state index is 13.5. The van der Waals surface area contributed by atoms with Gasteiger partial charge in [0.1, 0.15) is 5.75 Å². The van der Waals surface area contributed by atoms with Crippen molar-refractivity contribution >= 4 is 0 Å². The number of rotatable bonds is 4. The first-order valence-corrected chi connectivity index (χ1v) is 5.42. The minimum absolute atomic E-state index is 0.0381. The van der Waals surface area contributed by atoms with E-state index in [9.17, 15) is 4.39 Å². The molecule has 0 fully saturated rings. The van der Waals surface area contributed by atoms with E-state index in [1.807, 2.05) is 18.2 Å². The standard InChI is InChI=1S/C14H13FO2/c15-13-7-6-11(8-9-16)10-14(13)17-12-4-2-1-3-5-12/h1-7,10,16H,8-9H2. The van der Waals surface area contributed by atoms with E-state index < -0.39 is 5.82 Å². The second-order valence-corrected chi connectivity index (χ2v) is 3.65. The maximum Gasteiger partial charge on any atom is 0.165 e. The monoisotopic (exact) mass is 232 g/mol. The van der Waals surface area contributed by atoms with E-state index in [-0.39, 0.29) is 12.4 Å². The molecule has 0 aliphatic carbocycles. The molecule has 0 spiro atoms. The molecule has 0 saturated heterocycles. The maximum atomic E-state index is 13.5. The van der Waals surface area contributed by atoms with Crippen LogP contribution in [0.15, 0.2) is 48.5 Å². The molecule has 0 atom stereocenters. The molecule has 0 aromatic heterocycles. The molecule has 0 aliphatic heterocycles. The molecule has 2 aromatic rings. The van der Waals surface area contributed by atoms with Gasteiger partial charge >= 0.3 is 0 Å². The predicted octanol–water partition coefficient (Wildman–Crippen LogP) is 3.15. The zero-order chi connectivity index (χ0) is 12.1. The molecule has 2 aromatic carbocycles. The Morgan fingerprint density at radius 2 is 1.82 bits per heavy atom. The minimum Gasteiger partial charge on any atom is -0.454 e. The summed E-state index contributed by atoms with van der Waals surface area (Å²) in [6.45, 7) is 0.0381. The first-order chi connectivity index (χ1) is 8.29. The molecule has 1 N–H and O–H groups in total. The van der Waals surface area contributed by atoms with E-state index in [2.05, 4.69) is 0 Å². The number of ether oxygens (including phenoxy) is 1. The van der Waals surface area contributed by atoms with Crippen LogP contribution >= 0.6 is 0 Å². The highest BCUT2D eigenvalue weighted by Gasteiger charge is 2.05.